The van der Waals surface area contributed by atoms with E-state index in [1.54, 1.807) is 0 Å². The minimum atomic E-state index is -1.51. The molecule has 0 amide bonds. The van der Waals surface area contributed by atoms with E-state index in [2.05, 4.69) is 13.2 Å². The Morgan fingerprint density at radius 1 is 0.667 bits per heavy atom. The highest BCUT2D eigenvalue weighted by Gasteiger charge is 2.93. The topological polar surface area (TPSA) is 183 Å². The van der Waals surface area contributed by atoms with E-state index < -0.39 is 92.3 Å². The summed E-state index contributed by atoms with van der Waals surface area (Å²) >= 11 is 9.53. The van der Waals surface area contributed by atoms with Gasteiger partial charge >= 0.3 is 0 Å². The van der Waals surface area contributed by atoms with Crippen LogP contribution in [-0.2, 0) is 42.7 Å². The summed E-state index contributed by atoms with van der Waals surface area (Å²) in [5.74, 6) is -6.16. The molecule has 8 aliphatic carbocycles. The molecule has 7 heterocycles. The number of fused-ring (bicyclic) bond motifs is 3. The lowest BCUT2D eigenvalue weighted by molar-refractivity contribution is -0.530. The standard InChI is InChI=1S/C23H30O7.C23H30O6.CH2Cl2.CH4/c1-9-10-6-7-11-21-8-27-23(22(11,14(9)24)17(10)29-20(4,5)30-23)16(26)13(21)19(2,3)15(25)12-18(21)28-12;1-11-12-6-7-13-21-9-8-14(24)19(2,3)15(21)17(26)23(27-10-21)22(13,16(11)25)18(12)28-20(4,5)29-23;2-1-3;/h10-13,15-18,25-26H,1,6-8H2,2-5H3;8-9,12-15,17-18,24,26H,1,6-7,10H2,2-5H3;1H2;1H4/t10-,11-,12+,13+,15-,16-,17+,18+,21-,22-,23-;12-,13-,14-,15+,17-,18+,21+,22-,23-;;/m00../s1. The van der Waals surface area contributed by atoms with Gasteiger partial charge in [0.05, 0.1) is 49.1 Å². The lowest BCUT2D eigenvalue weighted by Gasteiger charge is -2.76. The Morgan fingerprint density at radius 3 is 1.68 bits per heavy atom. The number of ketones is 2. The minimum Gasteiger partial charge on any atom is -0.390 e. The second-order valence-electron chi connectivity index (χ2n) is 23.0. The molecule has 0 aromatic rings. The van der Waals surface area contributed by atoms with Gasteiger partial charge in [0.15, 0.2) is 23.1 Å². The zero-order valence-electron chi connectivity index (χ0n) is 36.8. The van der Waals surface area contributed by atoms with Gasteiger partial charge in [0.2, 0.25) is 11.6 Å². The van der Waals surface area contributed by atoms with Gasteiger partial charge in [-0.1, -0.05) is 60.4 Å². The van der Waals surface area contributed by atoms with E-state index in [4.69, 9.17) is 56.4 Å². The Labute approximate surface area is 380 Å². The van der Waals surface area contributed by atoms with Gasteiger partial charge in [0.1, 0.15) is 29.1 Å². The summed E-state index contributed by atoms with van der Waals surface area (Å²) in [6, 6.07) is 0. The number of aliphatic hydroxyl groups excluding tert-OH is 4. The van der Waals surface area contributed by atoms with Crippen LogP contribution in [0.15, 0.2) is 36.5 Å². The number of rotatable bonds is 0. The van der Waals surface area contributed by atoms with Crippen molar-refractivity contribution >= 4 is 34.8 Å². The van der Waals surface area contributed by atoms with Gasteiger partial charge in [-0.05, 0) is 81.8 Å². The quantitative estimate of drug-likeness (QED) is 0.108. The van der Waals surface area contributed by atoms with Crippen molar-refractivity contribution in [3.8, 4) is 0 Å². The van der Waals surface area contributed by atoms with Crippen LogP contribution in [0, 0.1) is 68.0 Å². The third kappa shape index (κ3) is 4.62. The molecule has 15 aliphatic rings. The molecule has 0 aromatic heterocycles. The molecule has 0 radical (unpaired) electrons. The molecule has 0 unspecified atom stereocenters. The van der Waals surface area contributed by atoms with Crippen molar-refractivity contribution in [1.82, 2.24) is 0 Å². The van der Waals surface area contributed by atoms with Crippen LogP contribution in [0.3, 0.4) is 0 Å². The number of carbonyl (C=O) groups excluding carboxylic acids is 2. The molecule has 6 spiro atoms. The molecule has 20 atom stereocenters. The number of carbonyl (C=O) groups is 2. The maximum absolute atomic E-state index is 14.0. The molecular formula is C48H66Cl2O13. The third-order valence-corrected chi connectivity index (χ3v) is 19.3. The Balaban J connectivity index is 0.000000139. The number of hydrogen-bond donors (Lipinski definition) is 4. The first-order valence-corrected chi connectivity index (χ1v) is 23.6. The number of epoxide rings is 1. The zero-order valence-corrected chi connectivity index (χ0v) is 38.3. The normalized spacial score (nSPS) is 57.1. The predicted molar refractivity (Wildman–Crippen MR) is 228 cm³/mol. The van der Waals surface area contributed by atoms with Crippen molar-refractivity contribution in [2.75, 3.05) is 18.6 Å². The second-order valence-corrected chi connectivity index (χ2v) is 23.8. The fraction of sp³-hybridized carbons (Fsp3) is 0.833. The van der Waals surface area contributed by atoms with Crippen LogP contribution < -0.4 is 0 Å². The second kappa shape index (κ2) is 13.1. The van der Waals surface area contributed by atoms with Crippen molar-refractivity contribution in [3.05, 3.63) is 36.5 Å². The molecule has 8 bridgehead atoms. The highest BCUT2D eigenvalue weighted by Crippen LogP contribution is 2.82. The highest BCUT2D eigenvalue weighted by molar-refractivity contribution is 6.40. The van der Waals surface area contributed by atoms with Crippen LogP contribution in [0.25, 0.3) is 0 Å². The maximum Gasteiger partial charge on any atom is 0.213 e. The number of ether oxygens (including phenoxy) is 7. The minimum absolute atomic E-state index is 0. The van der Waals surface area contributed by atoms with Gasteiger partial charge in [-0.2, -0.15) is 0 Å². The van der Waals surface area contributed by atoms with E-state index >= 15 is 0 Å². The van der Waals surface area contributed by atoms with E-state index in [9.17, 15) is 30.0 Å². The number of hydrogen-bond acceptors (Lipinski definition) is 13. The average molecular weight is 922 g/mol. The lowest BCUT2D eigenvalue weighted by Crippen LogP contribution is -2.88. The van der Waals surface area contributed by atoms with Crippen molar-refractivity contribution in [1.29, 1.82) is 0 Å². The summed E-state index contributed by atoms with van der Waals surface area (Å²) < 4.78 is 44.8. The molecule has 15 rings (SSSR count). The molecule has 7 saturated carbocycles. The number of alkyl halides is 2. The largest absolute Gasteiger partial charge is 0.390 e. The first-order valence-electron chi connectivity index (χ1n) is 22.5. The molecule has 0 aromatic carbocycles. The maximum atomic E-state index is 14.0. The Bertz CT molecular complexity index is 2100. The van der Waals surface area contributed by atoms with Crippen LogP contribution in [0.1, 0.15) is 88.5 Å². The molecule has 350 valence electrons. The highest BCUT2D eigenvalue weighted by atomic mass is 35.5. The van der Waals surface area contributed by atoms with E-state index in [0.29, 0.717) is 24.4 Å². The molecule has 7 aliphatic heterocycles. The zero-order chi connectivity index (χ0) is 44.7. The van der Waals surface area contributed by atoms with Gasteiger partial charge in [-0.15, -0.1) is 23.2 Å². The summed E-state index contributed by atoms with van der Waals surface area (Å²) in [6.45, 7) is 24.3. The molecule has 63 heavy (non-hydrogen) atoms. The van der Waals surface area contributed by atoms with Gasteiger partial charge in [0.25, 0.3) is 0 Å². The fourth-order valence-electron chi connectivity index (χ4n) is 17.5. The first-order chi connectivity index (χ1) is 28.8. The van der Waals surface area contributed by atoms with Crippen LogP contribution >= 0.6 is 23.2 Å². The Kier molecular flexibility index (Phi) is 9.43. The molecule has 14 fully saturated rings. The average Bonchev–Trinajstić information content (AvgIpc) is 3.97. The van der Waals surface area contributed by atoms with Crippen molar-refractivity contribution < 1.29 is 63.2 Å². The molecule has 4 N–H and O–H groups in total. The third-order valence-electron chi connectivity index (χ3n) is 19.3. The van der Waals surface area contributed by atoms with Crippen molar-refractivity contribution in [3.63, 3.8) is 0 Å². The summed E-state index contributed by atoms with van der Waals surface area (Å²) in [4.78, 5) is 27.8. The smallest absolute Gasteiger partial charge is 0.213 e. The Hall–Kier alpha value is -1.30. The van der Waals surface area contributed by atoms with E-state index in [-0.39, 0.29) is 72.0 Å². The van der Waals surface area contributed by atoms with Crippen LogP contribution in [0.5, 0.6) is 0 Å². The van der Waals surface area contributed by atoms with E-state index in [1.807, 2.05) is 67.5 Å². The molecule has 15 heteroatoms. The molecular weight excluding hydrogens is 855 g/mol. The summed E-state index contributed by atoms with van der Waals surface area (Å²) in [7, 11) is 0. The van der Waals surface area contributed by atoms with Crippen molar-refractivity contribution in [2.45, 2.75) is 160 Å². The van der Waals surface area contributed by atoms with Crippen LogP contribution in [-0.4, -0.2) is 123 Å². The molecule has 13 nitrogen and oxygen atoms in total. The van der Waals surface area contributed by atoms with E-state index in [0.717, 1.165) is 25.7 Å². The lowest BCUT2D eigenvalue weighted by atomic mass is 9.35. The number of Topliss-reactive ketones (excluding diaryl/α,β-unsaturated/α-hetero) is 2. The summed E-state index contributed by atoms with van der Waals surface area (Å²) in [5, 5.41) is 45.9. The predicted octanol–water partition coefficient (Wildman–Crippen LogP) is 5.17. The summed E-state index contributed by atoms with van der Waals surface area (Å²) in [5.41, 5.74) is -3.40. The van der Waals surface area contributed by atoms with Gasteiger partial charge in [0, 0.05) is 39.9 Å². The molecule has 7 saturated heterocycles. The van der Waals surface area contributed by atoms with Crippen LogP contribution in [0.2, 0.25) is 0 Å². The summed E-state index contributed by atoms with van der Waals surface area (Å²) in [6.07, 6.45) is 2.24. The van der Waals surface area contributed by atoms with Gasteiger partial charge in [-0.25, -0.2) is 0 Å². The fourth-order valence-corrected chi connectivity index (χ4v) is 17.5. The van der Waals surface area contributed by atoms with Gasteiger partial charge < -0.3 is 53.6 Å². The van der Waals surface area contributed by atoms with Crippen LogP contribution in [0.4, 0.5) is 0 Å². The van der Waals surface area contributed by atoms with Gasteiger partial charge in [-0.3, -0.25) is 9.59 Å². The van der Waals surface area contributed by atoms with E-state index in [1.165, 1.54) is 0 Å². The first kappa shape index (κ1) is 45.5. The SMILES string of the molecule is C.C=C1C(=O)[C@@]23[C@@H]4OC(C)(C)O[C@]25OC[C@]2(C=C[C@H](O)C(C)(C)[C@H]2[C@@H]5O)[C@@H]3CC[C@@H]14.C=C1C(=O)[C@@]23[C@@H]4OC(C)(C)O[C@]25OC[C@]2([C@@H]6O[C@@H]6[C@H](O)C(C)(C)[C@H]2[C@@H]5O)[C@@H]3CC[C@@H]14.ClCCl. The Morgan fingerprint density at radius 2 is 1.14 bits per heavy atom. The number of halogens is 2. The number of aliphatic hydroxyl groups is 4. The monoisotopic (exact) mass is 920 g/mol. The van der Waals surface area contributed by atoms with Crippen molar-refractivity contribution in [2.24, 2.45) is 68.0 Å².